The predicted molar refractivity (Wildman–Crippen MR) is 91.7 cm³/mol. The summed E-state index contributed by atoms with van der Waals surface area (Å²) < 4.78 is 17.0. The lowest BCUT2D eigenvalue weighted by atomic mass is 10.1. The van der Waals surface area contributed by atoms with Crippen molar-refractivity contribution in [1.82, 2.24) is 0 Å². The highest BCUT2D eigenvalue weighted by Gasteiger charge is 2.17. The molecule has 0 N–H and O–H groups in total. The molecular formula is C17H14BrNO6. The number of benzene rings is 2. The molecule has 3 rings (SSSR count). The maximum atomic E-state index is 12.1. The summed E-state index contributed by atoms with van der Waals surface area (Å²) >= 11 is 3.41. The van der Waals surface area contributed by atoms with Crippen molar-refractivity contribution >= 4 is 27.6 Å². The average molecular weight is 408 g/mol. The lowest BCUT2D eigenvalue weighted by molar-refractivity contribution is -0.384. The second-order valence-corrected chi connectivity index (χ2v) is 6.20. The van der Waals surface area contributed by atoms with E-state index in [0.717, 1.165) is 10.0 Å². The van der Waals surface area contributed by atoms with Gasteiger partial charge in [0.25, 0.3) is 5.69 Å². The van der Waals surface area contributed by atoms with Crippen LogP contribution in [0.1, 0.15) is 11.1 Å². The Morgan fingerprint density at radius 1 is 1.16 bits per heavy atom. The van der Waals surface area contributed by atoms with E-state index in [1.807, 2.05) is 0 Å². The monoisotopic (exact) mass is 407 g/mol. The van der Waals surface area contributed by atoms with Crippen LogP contribution in [-0.4, -0.2) is 24.1 Å². The molecule has 0 fully saturated rings. The van der Waals surface area contributed by atoms with Gasteiger partial charge in [-0.1, -0.05) is 15.9 Å². The van der Waals surface area contributed by atoms with Crippen molar-refractivity contribution in [3.05, 3.63) is 62.1 Å². The fourth-order valence-corrected chi connectivity index (χ4v) is 2.79. The zero-order valence-electron chi connectivity index (χ0n) is 13.1. The van der Waals surface area contributed by atoms with Gasteiger partial charge in [0.2, 0.25) is 0 Å². The van der Waals surface area contributed by atoms with Crippen molar-refractivity contribution < 1.29 is 23.9 Å². The molecule has 1 heterocycles. The first-order chi connectivity index (χ1) is 12.0. The van der Waals surface area contributed by atoms with Gasteiger partial charge in [-0.25, -0.2) is 0 Å². The quantitative estimate of drug-likeness (QED) is 0.428. The Labute approximate surface area is 151 Å². The number of carbonyl (C=O) groups excluding carboxylic acids is 1. The summed E-state index contributed by atoms with van der Waals surface area (Å²) in [6, 6.07) is 9.40. The molecule has 0 saturated heterocycles. The lowest BCUT2D eigenvalue weighted by Crippen LogP contribution is -2.16. The molecule has 0 unspecified atom stereocenters. The molecular weight excluding hydrogens is 394 g/mol. The molecule has 0 amide bonds. The van der Waals surface area contributed by atoms with E-state index >= 15 is 0 Å². The van der Waals surface area contributed by atoms with Gasteiger partial charge in [0.15, 0.2) is 11.5 Å². The number of ether oxygens (including phenoxy) is 3. The minimum atomic E-state index is -0.477. The van der Waals surface area contributed by atoms with Crippen molar-refractivity contribution in [2.45, 2.75) is 13.0 Å². The Morgan fingerprint density at radius 2 is 1.80 bits per heavy atom. The van der Waals surface area contributed by atoms with E-state index in [9.17, 15) is 14.9 Å². The number of esters is 1. The molecule has 25 heavy (non-hydrogen) atoms. The highest BCUT2D eigenvalue weighted by molar-refractivity contribution is 9.10. The molecule has 2 aromatic rings. The molecule has 0 spiro atoms. The summed E-state index contributed by atoms with van der Waals surface area (Å²) in [7, 11) is 0. The molecule has 0 radical (unpaired) electrons. The van der Waals surface area contributed by atoms with E-state index in [4.69, 9.17) is 14.2 Å². The molecule has 2 aromatic carbocycles. The number of nitro groups is 1. The van der Waals surface area contributed by atoms with Gasteiger partial charge < -0.3 is 14.2 Å². The largest absolute Gasteiger partial charge is 0.486 e. The standard InChI is InChI=1S/C17H14BrNO6/c18-14-9-16-15(23-5-6-24-16)7-12(14)8-17(20)25-10-11-1-3-13(4-2-11)19(21)22/h1-4,7,9H,5-6,8,10H2. The second-order valence-electron chi connectivity index (χ2n) is 5.35. The fraction of sp³-hybridized carbons (Fsp3) is 0.235. The smallest absolute Gasteiger partial charge is 0.310 e. The van der Waals surface area contributed by atoms with E-state index in [2.05, 4.69) is 15.9 Å². The number of hydrogen-bond donors (Lipinski definition) is 0. The van der Waals surface area contributed by atoms with E-state index in [1.165, 1.54) is 12.1 Å². The highest BCUT2D eigenvalue weighted by Crippen LogP contribution is 2.35. The minimum absolute atomic E-state index is 0.00437. The van der Waals surface area contributed by atoms with Crippen molar-refractivity contribution in [1.29, 1.82) is 0 Å². The van der Waals surface area contributed by atoms with Gasteiger partial charge in [0.1, 0.15) is 19.8 Å². The summed E-state index contributed by atoms with van der Waals surface area (Å²) in [6.07, 6.45) is 0.0736. The van der Waals surface area contributed by atoms with Crippen LogP contribution in [-0.2, 0) is 22.6 Å². The van der Waals surface area contributed by atoms with Gasteiger partial charge in [0.05, 0.1) is 11.3 Å². The summed E-state index contributed by atoms with van der Waals surface area (Å²) in [6.45, 7) is 1.02. The van der Waals surface area contributed by atoms with Crippen molar-refractivity contribution in [2.75, 3.05) is 13.2 Å². The number of nitro benzene ring substituents is 1. The third-order valence-corrected chi connectivity index (χ3v) is 4.33. The number of carbonyl (C=O) groups is 1. The maximum Gasteiger partial charge on any atom is 0.310 e. The first kappa shape index (κ1) is 17.2. The minimum Gasteiger partial charge on any atom is -0.486 e. The Balaban J connectivity index is 1.60. The number of rotatable bonds is 5. The number of hydrogen-bond acceptors (Lipinski definition) is 6. The van der Waals surface area contributed by atoms with Gasteiger partial charge in [-0.15, -0.1) is 0 Å². The normalized spacial score (nSPS) is 12.5. The number of nitrogens with zero attached hydrogens (tertiary/aromatic N) is 1. The molecule has 1 aliphatic heterocycles. The Hall–Kier alpha value is -2.61. The van der Waals surface area contributed by atoms with Crippen LogP contribution in [0.3, 0.4) is 0 Å². The van der Waals surface area contributed by atoms with Crippen LogP contribution in [0.4, 0.5) is 5.69 Å². The van der Waals surface area contributed by atoms with Crippen LogP contribution >= 0.6 is 15.9 Å². The molecule has 7 nitrogen and oxygen atoms in total. The van der Waals surface area contributed by atoms with Crippen LogP contribution in [0.2, 0.25) is 0 Å². The lowest BCUT2D eigenvalue weighted by Gasteiger charge is -2.19. The van der Waals surface area contributed by atoms with Crippen LogP contribution in [0, 0.1) is 10.1 Å². The molecule has 1 aliphatic rings. The van der Waals surface area contributed by atoms with E-state index in [0.29, 0.717) is 30.3 Å². The van der Waals surface area contributed by atoms with Gasteiger partial charge in [-0.05, 0) is 35.4 Å². The topological polar surface area (TPSA) is 87.9 Å². The molecule has 0 bridgehead atoms. The van der Waals surface area contributed by atoms with E-state index in [1.54, 1.807) is 24.3 Å². The second kappa shape index (κ2) is 7.52. The fourth-order valence-electron chi connectivity index (χ4n) is 2.33. The third-order valence-electron chi connectivity index (χ3n) is 3.59. The number of fused-ring (bicyclic) bond motifs is 1. The SMILES string of the molecule is O=C(Cc1cc2c(cc1Br)OCCO2)OCc1ccc([N+](=O)[O-])cc1. The Kier molecular flexibility index (Phi) is 5.18. The third kappa shape index (κ3) is 4.27. The molecule has 0 aliphatic carbocycles. The first-order valence-electron chi connectivity index (χ1n) is 7.50. The van der Waals surface area contributed by atoms with Gasteiger partial charge in [-0.3, -0.25) is 14.9 Å². The molecule has 0 aromatic heterocycles. The Bertz CT molecular complexity index is 806. The van der Waals surface area contributed by atoms with E-state index < -0.39 is 10.9 Å². The van der Waals surface area contributed by atoms with Crippen LogP contribution in [0.5, 0.6) is 11.5 Å². The molecule has 0 atom stereocenters. The van der Waals surface area contributed by atoms with Crippen LogP contribution < -0.4 is 9.47 Å². The zero-order chi connectivity index (χ0) is 17.8. The van der Waals surface area contributed by atoms with Crippen molar-refractivity contribution in [3.8, 4) is 11.5 Å². The molecule has 8 heteroatoms. The molecule has 130 valence electrons. The summed E-state index contributed by atoms with van der Waals surface area (Å²) in [4.78, 5) is 22.2. The van der Waals surface area contributed by atoms with Crippen LogP contribution in [0.15, 0.2) is 40.9 Å². The van der Waals surface area contributed by atoms with Gasteiger partial charge >= 0.3 is 5.97 Å². The maximum absolute atomic E-state index is 12.1. The van der Waals surface area contributed by atoms with E-state index in [-0.39, 0.29) is 18.7 Å². The van der Waals surface area contributed by atoms with Gasteiger partial charge in [0, 0.05) is 16.6 Å². The summed E-state index contributed by atoms with van der Waals surface area (Å²) in [5, 5.41) is 10.6. The Morgan fingerprint density at radius 3 is 2.44 bits per heavy atom. The average Bonchev–Trinajstić information content (AvgIpc) is 2.61. The number of non-ortho nitro benzene ring substituents is 1. The number of halogens is 1. The predicted octanol–water partition coefficient (Wildman–Crippen LogP) is 3.41. The highest BCUT2D eigenvalue weighted by atomic mass is 79.9. The molecule has 0 saturated carbocycles. The van der Waals surface area contributed by atoms with Crippen LogP contribution in [0.25, 0.3) is 0 Å². The van der Waals surface area contributed by atoms with Crippen molar-refractivity contribution in [3.63, 3.8) is 0 Å². The first-order valence-corrected chi connectivity index (χ1v) is 8.29. The van der Waals surface area contributed by atoms with Gasteiger partial charge in [-0.2, -0.15) is 0 Å². The zero-order valence-corrected chi connectivity index (χ0v) is 14.7. The summed E-state index contributed by atoms with van der Waals surface area (Å²) in [5.74, 6) is 0.837. The van der Waals surface area contributed by atoms with Crippen molar-refractivity contribution in [2.24, 2.45) is 0 Å². The summed E-state index contributed by atoms with van der Waals surface area (Å²) in [5.41, 5.74) is 1.41.